The number of hydrogen-bond donors (Lipinski definition) is 2. The van der Waals surface area contributed by atoms with Crippen molar-refractivity contribution in [3.05, 3.63) is 34.1 Å². The smallest absolute Gasteiger partial charge is 0.295 e. The Kier molecular flexibility index (Phi) is 3.76. The number of anilines is 1. The van der Waals surface area contributed by atoms with E-state index in [0.717, 1.165) is 25.5 Å². The van der Waals surface area contributed by atoms with Crippen LogP contribution >= 0.6 is 0 Å². The maximum absolute atomic E-state index is 13.0. The third kappa shape index (κ3) is 2.95. The fourth-order valence-electron chi connectivity index (χ4n) is 2.26. The second-order valence-electron chi connectivity index (χ2n) is 4.64. The molecule has 6 heteroatoms. The Balaban J connectivity index is 2.15. The molecule has 18 heavy (non-hydrogen) atoms. The lowest BCUT2D eigenvalue weighted by atomic mass is 10.0. The SMILES string of the molecule is CC1CC(Nc2ccc(F)cc2[N+](=O)[O-])CCN1. The predicted molar refractivity (Wildman–Crippen MR) is 67.2 cm³/mol. The van der Waals surface area contributed by atoms with E-state index in [-0.39, 0.29) is 11.7 Å². The summed E-state index contributed by atoms with van der Waals surface area (Å²) in [7, 11) is 0. The van der Waals surface area contributed by atoms with E-state index < -0.39 is 10.7 Å². The van der Waals surface area contributed by atoms with Gasteiger partial charge in [0.05, 0.1) is 11.0 Å². The molecule has 0 amide bonds. The first-order chi connectivity index (χ1) is 8.56. The third-order valence-electron chi connectivity index (χ3n) is 3.14. The quantitative estimate of drug-likeness (QED) is 0.640. The summed E-state index contributed by atoms with van der Waals surface area (Å²) < 4.78 is 13.0. The fourth-order valence-corrected chi connectivity index (χ4v) is 2.26. The van der Waals surface area contributed by atoms with Crippen LogP contribution in [0.4, 0.5) is 15.8 Å². The Bertz CT molecular complexity index is 453. The lowest BCUT2D eigenvalue weighted by molar-refractivity contribution is -0.384. The summed E-state index contributed by atoms with van der Waals surface area (Å²) in [5.74, 6) is -0.592. The normalized spacial score (nSPS) is 23.7. The number of benzene rings is 1. The molecule has 0 aromatic heterocycles. The van der Waals surface area contributed by atoms with E-state index in [4.69, 9.17) is 0 Å². The Morgan fingerprint density at radius 3 is 3.00 bits per heavy atom. The van der Waals surface area contributed by atoms with Gasteiger partial charge in [0.2, 0.25) is 0 Å². The molecule has 1 aromatic rings. The molecule has 98 valence electrons. The van der Waals surface area contributed by atoms with Gasteiger partial charge in [-0.1, -0.05) is 0 Å². The Labute approximate surface area is 105 Å². The van der Waals surface area contributed by atoms with Gasteiger partial charge in [-0.05, 0) is 38.4 Å². The van der Waals surface area contributed by atoms with Gasteiger partial charge < -0.3 is 10.6 Å². The zero-order valence-corrected chi connectivity index (χ0v) is 10.1. The van der Waals surface area contributed by atoms with Crippen LogP contribution in [0.2, 0.25) is 0 Å². The summed E-state index contributed by atoms with van der Waals surface area (Å²) in [6.07, 6.45) is 1.80. The van der Waals surface area contributed by atoms with Crippen LogP contribution in [-0.4, -0.2) is 23.6 Å². The van der Waals surface area contributed by atoms with Gasteiger partial charge in [0.1, 0.15) is 11.5 Å². The largest absolute Gasteiger partial charge is 0.377 e. The number of nitro benzene ring substituents is 1. The molecule has 0 saturated carbocycles. The van der Waals surface area contributed by atoms with E-state index >= 15 is 0 Å². The van der Waals surface area contributed by atoms with Crippen molar-refractivity contribution in [2.24, 2.45) is 0 Å². The van der Waals surface area contributed by atoms with Gasteiger partial charge >= 0.3 is 0 Å². The molecule has 5 nitrogen and oxygen atoms in total. The van der Waals surface area contributed by atoms with Gasteiger partial charge in [0, 0.05) is 12.1 Å². The van der Waals surface area contributed by atoms with Crippen LogP contribution in [0.3, 0.4) is 0 Å². The number of nitrogens with one attached hydrogen (secondary N) is 2. The van der Waals surface area contributed by atoms with Crippen molar-refractivity contribution < 1.29 is 9.31 Å². The van der Waals surface area contributed by atoms with Crippen molar-refractivity contribution in [2.45, 2.75) is 31.8 Å². The van der Waals surface area contributed by atoms with Crippen LogP contribution in [-0.2, 0) is 0 Å². The molecule has 2 unspecified atom stereocenters. The second kappa shape index (κ2) is 5.30. The minimum absolute atomic E-state index is 0.186. The molecular weight excluding hydrogens is 237 g/mol. The van der Waals surface area contributed by atoms with Gasteiger partial charge in [-0.25, -0.2) is 4.39 Å². The number of hydrogen-bond acceptors (Lipinski definition) is 4. The highest BCUT2D eigenvalue weighted by atomic mass is 19.1. The Morgan fingerprint density at radius 2 is 2.33 bits per heavy atom. The van der Waals surface area contributed by atoms with Crippen LogP contribution in [0.15, 0.2) is 18.2 Å². The first kappa shape index (κ1) is 12.8. The van der Waals surface area contributed by atoms with Crippen LogP contribution in [0.25, 0.3) is 0 Å². The molecule has 0 radical (unpaired) electrons. The van der Waals surface area contributed by atoms with E-state index in [1.54, 1.807) is 0 Å². The minimum Gasteiger partial charge on any atom is -0.377 e. The van der Waals surface area contributed by atoms with E-state index in [2.05, 4.69) is 17.6 Å². The Morgan fingerprint density at radius 1 is 1.56 bits per heavy atom. The van der Waals surface area contributed by atoms with E-state index in [0.29, 0.717) is 11.7 Å². The van der Waals surface area contributed by atoms with Gasteiger partial charge in [-0.3, -0.25) is 10.1 Å². The highest BCUT2D eigenvalue weighted by molar-refractivity contribution is 5.61. The van der Waals surface area contributed by atoms with Crippen LogP contribution in [0, 0.1) is 15.9 Å². The molecule has 0 bridgehead atoms. The molecule has 2 N–H and O–H groups in total. The van der Waals surface area contributed by atoms with Crippen LogP contribution in [0.1, 0.15) is 19.8 Å². The molecule has 2 rings (SSSR count). The summed E-state index contributed by atoms with van der Waals surface area (Å²) in [6.45, 7) is 2.96. The van der Waals surface area contributed by atoms with E-state index in [1.807, 2.05) is 0 Å². The van der Waals surface area contributed by atoms with Crippen molar-refractivity contribution in [2.75, 3.05) is 11.9 Å². The molecule has 1 aliphatic heterocycles. The average molecular weight is 253 g/mol. The summed E-state index contributed by atoms with van der Waals surface area (Å²) in [4.78, 5) is 10.3. The summed E-state index contributed by atoms with van der Waals surface area (Å²) >= 11 is 0. The third-order valence-corrected chi connectivity index (χ3v) is 3.14. The van der Waals surface area contributed by atoms with Crippen molar-refractivity contribution in [1.29, 1.82) is 0 Å². The minimum atomic E-state index is -0.592. The number of piperidine rings is 1. The Hall–Kier alpha value is -1.69. The van der Waals surface area contributed by atoms with Crippen molar-refractivity contribution in [3.63, 3.8) is 0 Å². The van der Waals surface area contributed by atoms with E-state index in [9.17, 15) is 14.5 Å². The summed E-state index contributed by atoms with van der Waals surface area (Å²) in [5.41, 5.74) is 0.182. The molecule has 2 atom stereocenters. The summed E-state index contributed by atoms with van der Waals surface area (Å²) in [5, 5.41) is 17.3. The molecule has 0 aliphatic carbocycles. The first-order valence-electron chi connectivity index (χ1n) is 6.00. The number of nitrogens with zero attached hydrogens (tertiary/aromatic N) is 1. The second-order valence-corrected chi connectivity index (χ2v) is 4.64. The topological polar surface area (TPSA) is 67.2 Å². The number of nitro groups is 1. The monoisotopic (exact) mass is 253 g/mol. The summed E-state index contributed by atoms with van der Waals surface area (Å²) in [6, 6.07) is 4.19. The molecule has 1 fully saturated rings. The zero-order chi connectivity index (χ0) is 13.1. The maximum atomic E-state index is 13.0. The van der Waals surface area contributed by atoms with Crippen LogP contribution < -0.4 is 10.6 Å². The highest BCUT2D eigenvalue weighted by Crippen LogP contribution is 2.27. The number of rotatable bonds is 3. The molecule has 1 heterocycles. The molecule has 1 saturated heterocycles. The average Bonchev–Trinajstić information content (AvgIpc) is 2.31. The number of halogens is 1. The highest BCUT2D eigenvalue weighted by Gasteiger charge is 2.22. The van der Waals surface area contributed by atoms with E-state index in [1.165, 1.54) is 12.1 Å². The molecule has 1 aliphatic rings. The van der Waals surface area contributed by atoms with Crippen molar-refractivity contribution >= 4 is 11.4 Å². The van der Waals surface area contributed by atoms with Crippen molar-refractivity contribution in [1.82, 2.24) is 5.32 Å². The fraction of sp³-hybridized carbons (Fsp3) is 0.500. The maximum Gasteiger partial charge on any atom is 0.295 e. The predicted octanol–water partition coefficient (Wildman–Crippen LogP) is 2.29. The molecule has 0 spiro atoms. The van der Waals surface area contributed by atoms with Gasteiger partial charge in [0.25, 0.3) is 5.69 Å². The van der Waals surface area contributed by atoms with Gasteiger partial charge in [0.15, 0.2) is 0 Å². The van der Waals surface area contributed by atoms with Crippen LogP contribution in [0.5, 0.6) is 0 Å². The molecule has 1 aromatic carbocycles. The standard InChI is InChI=1S/C12H16FN3O2/c1-8-6-10(4-5-14-8)15-11-3-2-9(13)7-12(11)16(17)18/h2-3,7-8,10,14-15H,4-6H2,1H3. The van der Waals surface area contributed by atoms with Gasteiger partial charge in [-0.2, -0.15) is 0 Å². The zero-order valence-electron chi connectivity index (χ0n) is 10.1. The lowest BCUT2D eigenvalue weighted by Gasteiger charge is -2.29. The van der Waals surface area contributed by atoms with Crippen molar-refractivity contribution in [3.8, 4) is 0 Å². The van der Waals surface area contributed by atoms with Gasteiger partial charge in [-0.15, -0.1) is 0 Å². The molecular formula is C12H16FN3O2. The first-order valence-corrected chi connectivity index (χ1v) is 6.00. The lowest BCUT2D eigenvalue weighted by Crippen LogP contribution is -2.41.